The zero-order chi connectivity index (χ0) is 17.1. The second-order valence-corrected chi connectivity index (χ2v) is 6.53. The van der Waals surface area contributed by atoms with Gasteiger partial charge in [-0.2, -0.15) is 0 Å². The highest BCUT2D eigenvalue weighted by molar-refractivity contribution is 9.10. The van der Waals surface area contributed by atoms with Crippen LogP contribution in [-0.4, -0.2) is 18.5 Å². The Morgan fingerprint density at radius 3 is 2.75 bits per heavy atom. The molecule has 0 aromatic heterocycles. The molecule has 0 radical (unpaired) electrons. The first-order chi connectivity index (χ1) is 11.5. The SMILES string of the molecule is CC(=O)N1CCc2cc(CNC(=O)Nc3ccccc3Br)ccc21. The summed E-state index contributed by atoms with van der Waals surface area (Å²) in [6.07, 6.45) is 0.853. The first-order valence-electron chi connectivity index (χ1n) is 7.74. The van der Waals surface area contributed by atoms with E-state index in [-0.39, 0.29) is 11.9 Å². The minimum absolute atomic E-state index is 0.0624. The molecule has 0 fully saturated rings. The van der Waals surface area contributed by atoms with Crippen LogP contribution in [0.1, 0.15) is 18.1 Å². The molecule has 1 aliphatic rings. The van der Waals surface area contributed by atoms with Crippen LogP contribution in [0.2, 0.25) is 0 Å². The Bertz CT molecular complexity index is 792. The summed E-state index contributed by atoms with van der Waals surface area (Å²) < 4.78 is 0.835. The Balaban J connectivity index is 1.60. The van der Waals surface area contributed by atoms with Crippen molar-refractivity contribution in [1.82, 2.24) is 5.32 Å². The zero-order valence-corrected chi connectivity index (χ0v) is 14.9. The number of carbonyl (C=O) groups excluding carboxylic acids is 2. The fourth-order valence-electron chi connectivity index (χ4n) is 2.80. The highest BCUT2D eigenvalue weighted by Gasteiger charge is 2.22. The van der Waals surface area contributed by atoms with Crippen molar-refractivity contribution < 1.29 is 9.59 Å². The second kappa shape index (κ2) is 7.05. The zero-order valence-electron chi connectivity index (χ0n) is 13.3. The van der Waals surface area contributed by atoms with Crippen LogP contribution in [0.3, 0.4) is 0 Å². The molecule has 24 heavy (non-hydrogen) atoms. The maximum Gasteiger partial charge on any atom is 0.319 e. The van der Waals surface area contributed by atoms with Gasteiger partial charge in [-0.25, -0.2) is 4.79 Å². The molecule has 124 valence electrons. The lowest BCUT2D eigenvalue weighted by Gasteiger charge is -2.15. The fraction of sp³-hybridized carbons (Fsp3) is 0.222. The van der Waals surface area contributed by atoms with Gasteiger partial charge in [0.15, 0.2) is 0 Å². The number of halogens is 1. The molecule has 6 heteroatoms. The number of anilines is 2. The summed E-state index contributed by atoms with van der Waals surface area (Å²) in [4.78, 5) is 25.4. The molecule has 0 bridgehead atoms. The number of nitrogens with one attached hydrogen (secondary N) is 2. The Morgan fingerprint density at radius 1 is 1.21 bits per heavy atom. The minimum atomic E-state index is -0.257. The van der Waals surface area contributed by atoms with Crippen LogP contribution in [0, 0.1) is 0 Å². The highest BCUT2D eigenvalue weighted by Crippen LogP contribution is 2.28. The molecule has 3 amide bonds. The van der Waals surface area contributed by atoms with Crippen LogP contribution in [0.25, 0.3) is 0 Å². The Morgan fingerprint density at radius 2 is 2.00 bits per heavy atom. The van der Waals surface area contributed by atoms with Gasteiger partial charge in [0, 0.05) is 30.2 Å². The molecule has 2 aromatic rings. The van der Waals surface area contributed by atoms with Crippen LogP contribution in [0.15, 0.2) is 46.9 Å². The van der Waals surface area contributed by atoms with E-state index in [2.05, 4.69) is 32.6 Å². The third-order valence-corrected chi connectivity index (χ3v) is 4.69. The molecule has 0 spiro atoms. The van der Waals surface area contributed by atoms with E-state index in [1.807, 2.05) is 36.4 Å². The van der Waals surface area contributed by atoms with Crippen molar-refractivity contribution in [2.75, 3.05) is 16.8 Å². The van der Waals surface area contributed by atoms with Crippen molar-refractivity contribution in [2.24, 2.45) is 0 Å². The molecule has 1 heterocycles. The third-order valence-electron chi connectivity index (χ3n) is 3.99. The number of urea groups is 1. The monoisotopic (exact) mass is 387 g/mol. The molecule has 0 aliphatic carbocycles. The molecule has 3 rings (SSSR count). The number of hydrogen-bond donors (Lipinski definition) is 2. The van der Waals surface area contributed by atoms with E-state index in [1.165, 1.54) is 0 Å². The van der Waals surface area contributed by atoms with Crippen molar-refractivity contribution in [2.45, 2.75) is 19.9 Å². The first-order valence-corrected chi connectivity index (χ1v) is 8.53. The normalized spacial score (nSPS) is 12.7. The van der Waals surface area contributed by atoms with E-state index in [0.717, 1.165) is 39.9 Å². The van der Waals surface area contributed by atoms with Crippen LogP contribution in [0.4, 0.5) is 16.2 Å². The number of para-hydroxylation sites is 1. The molecule has 2 N–H and O–H groups in total. The van der Waals surface area contributed by atoms with Gasteiger partial charge < -0.3 is 15.5 Å². The van der Waals surface area contributed by atoms with Crippen LogP contribution in [-0.2, 0) is 17.8 Å². The molecular weight excluding hydrogens is 370 g/mol. The Labute approximate surface area is 149 Å². The Kier molecular flexibility index (Phi) is 4.85. The minimum Gasteiger partial charge on any atom is -0.334 e. The van der Waals surface area contributed by atoms with E-state index in [1.54, 1.807) is 11.8 Å². The summed E-state index contributed by atoms with van der Waals surface area (Å²) in [5.74, 6) is 0.0624. The maximum atomic E-state index is 12.0. The van der Waals surface area contributed by atoms with E-state index in [0.29, 0.717) is 6.54 Å². The summed E-state index contributed by atoms with van der Waals surface area (Å²) in [6.45, 7) is 2.74. The van der Waals surface area contributed by atoms with Crippen molar-refractivity contribution in [3.05, 3.63) is 58.1 Å². The lowest BCUT2D eigenvalue weighted by molar-refractivity contribution is -0.116. The molecule has 0 atom stereocenters. The van der Waals surface area contributed by atoms with E-state index in [9.17, 15) is 9.59 Å². The van der Waals surface area contributed by atoms with Gasteiger partial charge in [-0.1, -0.05) is 24.3 Å². The molecule has 5 nitrogen and oxygen atoms in total. The summed E-state index contributed by atoms with van der Waals surface area (Å²) in [7, 11) is 0. The predicted molar refractivity (Wildman–Crippen MR) is 98.2 cm³/mol. The van der Waals surface area contributed by atoms with Gasteiger partial charge in [0.25, 0.3) is 0 Å². The van der Waals surface area contributed by atoms with Crippen LogP contribution < -0.4 is 15.5 Å². The van der Waals surface area contributed by atoms with Crippen molar-refractivity contribution in [3.8, 4) is 0 Å². The average molecular weight is 388 g/mol. The summed E-state index contributed by atoms with van der Waals surface area (Å²) in [5.41, 5.74) is 3.86. The van der Waals surface area contributed by atoms with Crippen molar-refractivity contribution in [1.29, 1.82) is 0 Å². The topological polar surface area (TPSA) is 61.4 Å². The smallest absolute Gasteiger partial charge is 0.319 e. The average Bonchev–Trinajstić information content (AvgIpc) is 2.98. The number of amides is 3. The maximum absolute atomic E-state index is 12.0. The lowest BCUT2D eigenvalue weighted by Crippen LogP contribution is -2.28. The molecule has 0 saturated carbocycles. The molecule has 0 unspecified atom stereocenters. The molecular formula is C18H18BrN3O2. The molecule has 2 aromatic carbocycles. The largest absolute Gasteiger partial charge is 0.334 e. The molecule has 1 aliphatic heterocycles. The van der Waals surface area contributed by atoms with Crippen LogP contribution in [0.5, 0.6) is 0 Å². The van der Waals surface area contributed by atoms with Gasteiger partial charge >= 0.3 is 6.03 Å². The summed E-state index contributed by atoms with van der Waals surface area (Å²) in [5, 5.41) is 5.65. The number of rotatable bonds is 3. The van der Waals surface area contributed by atoms with Gasteiger partial charge in [-0.15, -0.1) is 0 Å². The predicted octanol–water partition coefficient (Wildman–Crippen LogP) is 3.68. The standard InChI is InChI=1S/C18H18BrN3O2/c1-12(23)22-9-8-14-10-13(6-7-17(14)22)11-20-18(24)21-16-5-3-2-4-15(16)19/h2-7,10H,8-9,11H2,1H3,(H2,20,21,24). The van der Waals surface area contributed by atoms with Gasteiger partial charge in [0.1, 0.15) is 0 Å². The van der Waals surface area contributed by atoms with E-state index in [4.69, 9.17) is 0 Å². The number of benzene rings is 2. The van der Waals surface area contributed by atoms with Gasteiger partial charge in [0.2, 0.25) is 5.91 Å². The molecule has 0 saturated heterocycles. The van der Waals surface area contributed by atoms with Gasteiger partial charge in [-0.05, 0) is 51.7 Å². The number of fused-ring (bicyclic) bond motifs is 1. The number of nitrogens with zero attached hydrogens (tertiary/aromatic N) is 1. The number of carbonyl (C=O) groups is 2. The highest BCUT2D eigenvalue weighted by atomic mass is 79.9. The summed E-state index contributed by atoms with van der Waals surface area (Å²) in [6, 6.07) is 13.1. The quantitative estimate of drug-likeness (QED) is 0.843. The second-order valence-electron chi connectivity index (χ2n) is 5.67. The Hall–Kier alpha value is -2.34. The van der Waals surface area contributed by atoms with Crippen LogP contribution >= 0.6 is 15.9 Å². The van der Waals surface area contributed by atoms with E-state index >= 15 is 0 Å². The van der Waals surface area contributed by atoms with E-state index < -0.39 is 0 Å². The lowest BCUT2D eigenvalue weighted by atomic mass is 10.1. The third kappa shape index (κ3) is 3.59. The van der Waals surface area contributed by atoms with Crippen molar-refractivity contribution >= 4 is 39.2 Å². The number of hydrogen-bond acceptors (Lipinski definition) is 2. The summed E-state index contributed by atoms with van der Waals surface area (Å²) >= 11 is 3.40. The van der Waals surface area contributed by atoms with Gasteiger partial charge in [-0.3, -0.25) is 4.79 Å². The van der Waals surface area contributed by atoms with Crippen molar-refractivity contribution in [3.63, 3.8) is 0 Å². The van der Waals surface area contributed by atoms with Gasteiger partial charge in [0.05, 0.1) is 5.69 Å². The fourth-order valence-corrected chi connectivity index (χ4v) is 3.19. The first kappa shape index (κ1) is 16.5.